The lowest BCUT2D eigenvalue weighted by Crippen LogP contribution is -2.26. The smallest absolute Gasteiger partial charge is 0.192 e. The molecule has 1 fully saturated rings. The van der Waals surface area contributed by atoms with E-state index < -0.39 is 12.1 Å². The van der Waals surface area contributed by atoms with Gasteiger partial charge >= 0.3 is 6.18 Å². The van der Waals surface area contributed by atoms with Gasteiger partial charge in [-0.3, -0.25) is 0 Å². The zero-order valence-corrected chi connectivity index (χ0v) is 7.93. The quantitative estimate of drug-likeness (QED) is 0.582. The number of halogens is 3. The maximum absolute atomic E-state index is 12.4. The molecule has 0 aromatic carbocycles. The molecule has 0 N–H and O–H groups in total. The second kappa shape index (κ2) is 4.35. The second-order valence-corrected chi connectivity index (χ2v) is 3.54. The molecule has 1 aliphatic carbocycles. The summed E-state index contributed by atoms with van der Waals surface area (Å²) < 4.78 is 37.2. The van der Waals surface area contributed by atoms with Gasteiger partial charge < -0.3 is 0 Å². The van der Waals surface area contributed by atoms with Crippen LogP contribution in [0.4, 0.5) is 13.2 Å². The van der Waals surface area contributed by atoms with Gasteiger partial charge in [0, 0.05) is 0 Å². The van der Waals surface area contributed by atoms with Crippen LogP contribution in [0, 0.1) is 28.6 Å². The van der Waals surface area contributed by atoms with Gasteiger partial charge in [-0.05, 0) is 31.3 Å². The van der Waals surface area contributed by atoms with Crippen molar-refractivity contribution in [3.05, 3.63) is 11.1 Å². The third-order valence-corrected chi connectivity index (χ3v) is 2.56. The van der Waals surface area contributed by atoms with Crippen molar-refractivity contribution in [3.8, 4) is 12.1 Å². The summed E-state index contributed by atoms with van der Waals surface area (Å²) in [6, 6.07) is 3.29. The number of rotatable bonds is 0. The van der Waals surface area contributed by atoms with Crippen molar-refractivity contribution in [2.24, 2.45) is 5.92 Å². The Bertz CT molecular complexity index is 338. The summed E-state index contributed by atoms with van der Waals surface area (Å²) >= 11 is 0. The van der Waals surface area contributed by atoms with E-state index in [0.717, 1.165) is 0 Å². The molecule has 0 spiro atoms. The lowest BCUT2D eigenvalue weighted by Gasteiger charge is -2.26. The number of hydrogen-bond acceptors (Lipinski definition) is 2. The fourth-order valence-corrected chi connectivity index (χ4v) is 1.75. The fraction of sp³-hybridized carbons (Fsp3) is 0.600. The molecule has 0 aromatic rings. The van der Waals surface area contributed by atoms with Gasteiger partial charge in [0.15, 0.2) is 0 Å². The topological polar surface area (TPSA) is 47.6 Å². The molecular formula is C10H9F3N2. The van der Waals surface area contributed by atoms with Crippen molar-refractivity contribution in [1.29, 1.82) is 10.5 Å². The zero-order chi connectivity index (χ0) is 11.5. The van der Waals surface area contributed by atoms with Crippen molar-refractivity contribution in [3.63, 3.8) is 0 Å². The molecule has 0 amide bonds. The van der Waals surface area contributed by atoms with E-state index in [1.165, 1.54) is 0 Å². The predicted molar refractivity (Wildman–Crippen MR) is 46.3 cm³/mol. The van der Waals surface area contributed by atoms with E-state index in [1.807, 2.05) is 0 Å². The van der Waals surface area contributed by atoms with Crippen molar-refractivity contribution in [2.75, 3.05) is 0 Å². The highest BCUT2D eigenvalue weighted by atomic mass is 19.4. The van der Waals surface area contributed by atoms with Crippen LogP contribution in [-0.4, -0.2) is 6.18 Å². The average molecular weight is 214 g/mol. The number of alkyl halides is 3. The fourth-order valence-electron chi connectivity index (χ4n) is 1.75. The van der Waals surface area contributed by atoms with Gasteiger partial charge in [-0.15, -0.1) is 0 Å². The van der Waals surface area contributed by atoms with Crippen LogP contribution in [0.5, 0.6) is 0 Å². The summed E-state index contributed by atoms with van der Waals surface area (Å²) in [5, 5.41) is 17.1. The highest BCUT2D eigenvalue weighted by Crippen LogP contribution is 2.40. The van der Waals surface area contributed by atoms with E-state index in [2.05, 4.69) is 0 Å². The molecule has 0 saturated heterocycles. The summed E-state index contributed by atoms with van der Waals surface area (Å²) in [5.41, 5.74) is 0.206. The van der Waals surface area contributed by atoms with Crippen molar-refractivity contribution in [2.45, 2.75) is 31.9 Å². The molecule has 1 atom stereocenters. The Kier molecular flexibility index (Phi) is 3.36. The monoisotopic (exact) mass is 214 g/mol. The van der Waals surface area contributed by atoms with Gasteiger partial charge in [0.2, 0.25) is 0 Å². The molecule has 2 nitrogen and oxygen atoms in total. The lowest BCUT2D eigenvalue weighted by molar-refractivity contribution is -0.178. The minimum Gasteiger partial charge on any atom is -0.192 e. The standard InChI is InChI=1S/C10H9F3N2/c11-10(12,13)9-3-1-2-7(4-9)8(5-14)6-15/h9H,1-4H2. The number of allylic oxidation sites excluding steroid dienone is 2. The first-order valence-corrected chi connectivity index (χ1v) is 4.58. The van der Waals surface area contributed by atoms with Crippen LogP contribution < -0.4 is 0 Å². The van der Waals surface area contributed by atoms with Crippen LogP contribution in [-0.2, 0) is 0 Å². The van der Waals surface area contributed by atoms with Gasteiger partial charge in [0.25, 0.3) is 0 Å². The van der Waals surface area contributed by atoms with Gasteiger partial charge in [0.1, 0.15) is 17.7 Å². The number of nitriles is 2. The number of hydrogen-bond donors (Lipinski definition) is 0. The Morgan fingerprint density at radius 1 is 1.27 bits per heavy atom. The minimum absolute atomic E-state index is 0.0944. The van der Waals surface area contributed by atoms with E-state index in [0.29, 0.717) is 18.4 Å². The van der Waals surface area contributed by atoms with Crippen molar-refractivity contribution < 1.29 is 13.2 Å². The molecule has 1 rings (SSSR count). The first kappa shape index (κ1) is 11.6. The van der Waals surface area contributed by atoms with Gasteiger partial charge in [0.05, 0.1) is 5.92 Å². The van der Waals surface area contributed by atoms with Crippen LogP contribution in [0.25, 0.3) is 0 Å². The summed E-state index contributed by atoms with van der Waals surface area (Å²) in [4.78, 5) is 0. The Hall–Kier alpha value is -1.49. The Morgan fingerprint density at radius 3 is 2.33 bits per heavy atom. The summed E-state index contributed by atoms with van der Waals surface area (Å²) in [6.45, 7) is 0. The van der Waals surface area contributed by atoms with Crippen molar-refractivity contribution in [1.82, 2.24) is 0 Å². The Labute approximate surface area is 85.6 Å². The molecule has 0 aromatic heterocycles. The summed E-state index contributed by atoms with van der Waals surface area (Å²) in [6.07, 6.45) is -3.49. The summed E-state index contributed by atoms with van der Waals surface area (Å²) in [7, 11) is 0. The van der Waals surface area contributed by atoms with Gasteiger partial charge in [-0.25, -0.2) is 0 Å². The molecule has 0 heterocycles. The zero-order valence-electron chi connectivity index (χ0n) is 7.93. The maximum Gasteiger partial charge on any atom is 0.392 e. The summed E-state index contributed by atoms with van der Waals surface area (Å²) in [5.74, 6) is -1.39. The normalized spacial score (nSPS) is 21.7. The largest absolute Gasteiger partial charge is 0.392 e. The second-order valence-electron chi connectivity index (χ2n) is 3.54. The molecular weight excluding hydrogens is 205 g/mol. The van der Waals surface area contributed by atoms with Crippen LogP contribution in [0.3, 0.4) is 0 Å². The van der Waals surface area contributed by atoms with Crippen molar-refractivity contribution >= 4 is 0 Å². The maximum atomic E-state index is 12.4. The van der Waals surface area contributed by atoms with Crippen LogP contribution >= 0.6 is 0 Å². The third kappa shape index (κ3) is 2.73. The molecule has 5 heteroatoms. The third-order valence-electron chi connectivity index (χ3n) is 2.56. The SMILES string of the molecule is N#CC(C#N)=C1CCCC(C(F)(F)F)C1. The first-order chi connectivity index (χ1) is 6.99. The minimum atomic E-state index is -4.22. The van der Waals surface area contributed by atoms with E-state index in [-0.39, 0.29) is 18.4 Å². The molecule has 0 radical (unpaired) electrons. The van der Waals surface area contributed by atoms with Gasteiger partial charge in [-0.2, -0.15) is 23.7 Å². The molecule has 1 unspecified atom stereocenters. The molecule has 1 aliphatic rings. The first-order valence-electron chi connectivity index (χ1n) is 4.58. The lowest BCUT2D eigenvalue weighted by atomic mass is 9.83. The highest BCUT2D eigenvalue weighted by Gasteiger charge is 2.41. The molecule has 15 heavy (non-hydrogen) atoms. The van der Waals surface area contributed by atoms with Gasteiger partial charge in [-0.1, -0.05) is 0 Å². The van der Waals surface area contributed by atoms with E-state index in [1.54, 1.807) is 12.1 Å². The van der Waals surface area contributed by atoms with E-state index >= 15 is 0 Å². The van der Waals surface area contributed by atoms with Crippen LogP contribution in [0.2, 0.25) is 0 Å². The van der Waals surface area contributed by atoms with Crippen LogP contribution in [0.15, 0.2) is 11.1 Å². The molecule has 0 aliphatic heterocycles. The Balaban J connectivity index is 2.87. The number of nitrogens with zero attached hydrogens (tertiary/aromatic N) is 2. The van der Waals surface area contributed by atoms with E-state index in [9.17, 15) is 13.2 Å². The molecule has 0 bridgehead atoms. The highest BCUT2D eigenvalue weighted by molar-refractivity contribution is 5.40. The van der Waals surface area contributed by atoms with Crippen LogP contribution in [0.1, 0.15) is 25.7 Å². The average Bonchev–Trinajstić information content (AvgIpc) is 2.19. The van der Waals surface area contributed by atoms with E-state index in [4.69, 9.17) is 10.5 Å². The Morgan fingerprint density at radius 2 is 1.87 bits per heavy atom. The molecule has 80 valence electrons. The predicted octanol–water partition coefficient (Wildman–Crippen LogP) is 3.08. The molecule has 1 saturated carbocycles.